The van der Waals surface area contributed by atoms with E-state index >= 15 is 0 Å². The predicted molar refractivity (Wildman–Crippen MR) is 67.1 cm³/mol. The van der Waals surface area contributed by atoms with Crippen LogP contribution in [0.1, 0.15) is 65.2 Å². The molecule has 0 fully saturated rings. The first kappa shape index (κ1) is 14.9. The number of ether oxygens (including phenoxy) is 1. The largest absolute Gasteiger partial charge is 0.380 e. The van der Waals surface area contributed by atoms with Crippen LogP contribution in [0.15, 0.2) is 0 Å². The van der Waals surface area contributed by atoms with Crippen molar-refractivity contribution in [2.45, 2.75) is 71.3 Å². The van der Waals surface area contributed by atoms with Crippen molar-refractivity contribution in [3.8, 4) is 0 Å². The molecule has 92 valence electrons. The molecule has 0 rings (SSSR count). The molecule has 2 nitrogen and oxygen atoms in total. The first-order valence-corrected chi connectivity index (χ1v) is 6.60. The molecule has 2 N–H and O–H groups in total. The maximum Gasteiger partial charge on any atom is 0.0614 e. The van der Waals surface area contributed by atoms with Gasteiger partial charge in [-0.05, 0) is 13.3 Å². The smallest absolute Gasteiger partial charge is 0.0614 e. The molecule has 0 aliphatic rings. The fourth-order valence-electron chi connectivity index (χ4n) is 1.61. The van der Waals surface area contributed by atoms with E-state index in [9.17, 15) is 0 Å². The minimum Gasteiger partial charge on any atom is -0.380 e. The lowest BCUT2D eigenvalue weighted by Gasteiger charge is -2.06. The summed E-state index contributed by atoms with van der Waals surface area (Å²) in [5.41, 5.74) is 5.58. The summed E-state index contributed by atoms with van der Waals surface area (Å²) in [5, 5.41) is 0. The molecule has 1 atom stereocenters. The maximum absolute atomic E-state index is 5.58. The molecule has 1 unspecified atom stereocenters. The lowest BCUT2D eigenvalue weighted by atomic mass is 10.1. The summed E-state index contributed by atoms with van der Waals surface area (Å²) >= 11 is 0. The number of rotatable bonds is 11. The van der Waals surface area contributed by atoms with Crippen molar-refractivity contribution in [2.75, 3.05) is 13.2 Å². The second-order valence-corrected chi connectivity index (χ2v) is 4.53. The van der Waals surface area contributed by atoms with Gasteiger partial charge in [0.25, 0.3) is 0 Å². The van der Waals surface area contributed by atoms with Gasteiger partial charge in [-0.3, -0.25) is 0 Å². The maximum atomic E-state index is 5.58. The highest BCUT2D eigenvalue weighted by molar-refractivity contribution is 4.49. The van der Waals surface area contributed by atoms with Gasteiger partial charge in [0.05, 0.1) is 6.61 Å². The van der Waals surface area contributed by atoms with E-state index in [1.54, 1.807) is 0 Å². The summed E-state index contributed by atoms with van der Waals surface area (Å²) in [6.45, 7) is 5.83. The molecular weight excluding hydrogens is 186 g/mol. The average Bonchev–Trinajstić information content (AvgIpc) is 2.20. The zero-order valence-corrected chi connectivity index (χ0v) is 10.6. The molecule has 0 aromatic heterocycles. The Kier molecular flexibility index (Phi) is 11.9. The molecule has 15 heavy (non-hydrogen) atoms. The predicted octanol–water partition coefficient (Wildman–Crippen LogP) is 3.49. The monoisotopic (exact) mass is 215 g/mol. The first-order chi connectivity index (χ1) is 7.27. The molecule has 2 heteroatoms. The second-order valence-electron chi connectivity index (χ2n) is 4.53. The van der Waals surface area contributed by atoms with Crippen LogP contribution in [0.4, 0.5) is 0 Å². The molecule has 0 aromatic carbocycles. The summed E-state index contributed by atoms with van der Waals surface area (Å²) in [5.74, 6) is 0. The van der Waals surface area contributed by atoms with Gasteiger partial charge in [0.2, 0.25) is 0 Å². The van der Waals surface area contributed by atoms with Gasteiger partial charge >= 0.3 is 0 Å². The van der Waals surface area contributed by atoms with Crippen molar-refractivity contribution in [1.82, 2.24) is 0 Å². The average molecular weight is 215 g/mol. The molecule has 0 amide bonds. The minimum atomic E-state index is 0.180. The molecule has 0 heterocycles. The zero-order valence-electron chi connectivity index (χ0n) is 10.6. The quantitative estimate of drug-likeness (QED) is 0.535. The summed E-state index contributed by atoms with van der Waals surface area (Å²) < 4.78 is 5.42. The number of hydrogen-bond donors (Lipinski definition) is 1. The van der Waals surface area contributed by atoms with E-state index < -0.39 is 0 Å². The molecular formula is C13H29NO. The summed E-state index contributed by atoms with van der Waals surface area (Å²) in [7, 11) is 0. The van der Waals surface area contributed by atoms with Gasteiger partial charge < -0.3 is 10.5 Å². The number of nitrogens with two attached hydrogens (primary N) is 1. The Morgan fingerprint density at radius 2 is 1.47 bits per heavy atom. The van der Waals surface area contributed by atoms with Crippen molar-refractivity contribution in [1.29, 1.82) is 0 Å². The van der Waals surface area contributed by atoms with Crippen molar-refractivity contribution in [2.24, 2.45) is 5.73 Å². The topological polar surface area (TPSA) is 35.2 Å². The molecule has 0 spiro atoms. The van der Waals surface area contributed by atoms with Gasteiger partial charge in [-0.15, -0.1) is 0 Å². The van der Waals surface area contributed by atoms with Crippen LogP contribution in [0.3, 0.4) is 0 Å². The summed E-state index contributed by atoms with van der Waals surface area (Å²) in [4.78, 5) is 0. The van der Waals surface area contributed by atoms with E-state index in [2.05, 4.69) is 6.92 Å². The van der Waals surface area contributed by atoms with Crippen LogP contribution in [-0.4, -0.2) is 19.3 Å². The van der Waals surface area contributed by atoms with Crippen molar-refractivity contribution >= 4 is 0 Å². The lowest BCUT2D eigenvalue weighted by molar-refractivity contribution is 0.120. The van der Waals surface area contributed by atoms with Crippen LogP contribution in [0, 0.1) is 0 Å². The Morgan fingerprint density at radius 1 is 0.933 bits per heavy atom. The Balaban J connectivity index is 2.87. The fourth-order valence-corrected chi connectivity index (χ4v) is 1.61. The zero-order chi connectivity index (χ0) is 11.4. The van der Waals surface area contributed by atoms with Crippen LogP contribution in [0.5, 0.6) is 0 Å². The number of hydrogen-bond acceptors (Lipinski definition) is 2. The highest BCUT2D eigenvalue weighted by Gasteiger charge is 1.94. The van der Waals surface area contributed by atoms with E-state index in [0.29, 0.717) is 6.61 Å². The first-order valence-electron chi connectivity index (χ1n) is 6.60. The van der Waals surface area contributed by atoms with Crippen molar-refractivity contribution in [3.63, 3.8) is 0 Å². The third kappa shape index (κ3) is 13.9. The molecule has 0 saturated heterocycles. The van der Waals surface area contributed by atoms with E-state index in [0.717, 1.165) is 6.61 Å². The van der Waals surface area contributed by atoms with Gasteiger partial charge in [0, 0.05) is 12.6 Å². The second kappa shape index (κ2) is 12.0. The molecule has 0 bridgehead atoms. The Labute approximate surface area is 95.6 Å². The fraction of sp³-hybridized carbons (Fsp3) is 1.00. The molecule has 0 aliphatic carbocycles. The Morgan fingerprint density at radius 3 is 2.00 bits per heavy atom. The standard InChI is InChI=1S/C13H29NO/c1-3-4-5-6-7-8-9-10-11-15-12-13(2)14/h13H,3-12,14H2,1-2H3. The van der Waals surface area contributed by atoms with E-state index in [4.69, 9.17) is 10.5 Å². The highest BCUT2D eigenvalue weighted by atomic mass is 16.5. The third-order valence-electron chi connectivity index (χ3n) is 2.52. The van der Waals surface area contributed by atoms with E-state index in [-0.39, 0.29) is 6.04 Å². The van der Waals surface area contributed by atoms with Crippen molar-refractivity contribution in [3.05, 3.63) is 0 Å². The van der Waals surface area contributed by atoms with Crippen LogP contribution in [0.25, 0.3) is 0 Å². The van der Waals surface area contributed by atoms with Gasteiger partial charge in [-0.1, -0.05) is 51.9 Å². The number of unbranched alkanes of at least 4 members (excludes halogenated alkanes) is 7. The summed E-state index contributed by atoms with van der Waals surface area (Å²) in [6, 6.07) is 0.180. The van der Waals surface area contributed by atoms with Gasteiger partial charge in [0.1, 0.15) is 0 Å². The van der Waals surface area contributed by atoms with Gasteiger partial charge in [-0.25, -0.2) is 0 Å². The minimum absolute atomic E-state index is 0.180. The van der Waals surface area contributed by atoms with Gasteiger partial charge in [-0.2, -0.15) is 0 Å². The highest BCUT2D eigenvalue weighted by Crippen LogP contribution is 2.08. The van der Waals surface area contributed by atoms with Crippen LogP contribution < -0.4 is 5.73 Å². The molecule has 0 saturated carbocycles. The van der Waals surface area contributed by atoms with E-state index in [1.807, 2.05) is 6.92 Å². The molecule has 0 aliphatic heterocycles. The van der Waals surface area contributed by atoms with Crippen molar-refractivity contribution < 1.29 is 4.74 Å². The summed E-state index contributed by atoms with van der Waals surface area (Å²) in [6.07, 6.45) is 10.8. The Bertz CT molecular complexity index is 115. The lowest BCUT2D eigenvalue weighted by Crippen LogP contribution is -2.22. The van der Waals surface area contributed by atoms with Crippen LogP contribution >= 0.6 is 0 Å². The molecule has 0 radical (unpaired) electrons. The Hall–Kier alpha value is -0.0800. The molecule has 0 aromatic rings. The van der Waals surface area contributed by atoms with Crippen LogP contribution in [0.2, 0.25) is 0 Å². The van der Waals surface area contributed by atoms with Crippen LogP contribution in [-0.2, 0) is 4.74 Å². The van der Waals surface area contributed by atoms with E-state index in [1.165, 1.54) is 51.4 Å². The third-order valence-corrected chi connectivity index (χ3v) is 2.52. The normalized spacial score (nSPS) is 13.0. The SMILES string of the molecule is CCCCCCCCCCOCC(C)N. The van der Waals surface area contributed by atoms with Gasteiger partial charge in [0.15, 0.2) is 0 Å².